The molecular formula is C12H18N2S. The first-order valence-corrected chi connectivity index (χ1v) is 6.54. The minimum Gasteiger partial charge on any atom is -0.313 e. The molecule has 0 aromatic carbocycles. The highest BCUT2D eigenvalue weighted by Crippen LogP contribution is 2.20. The van der Waals surface area contributed by atoms with Crippen LogP contribution in [-0.4, -0.2) is 23.3 Å². The Hall–Kier alpha value is -0.540. The molecule has 0 radical (unpaired) electrons. The van der Waals surface area contributed by atoms with Crippen molar-refractivity contribution < 1.29 is 0 Å². The van der Waals surface area contributed by atoms with Crippen molar-refractivity contribution in [2.24, 2.45) is 0 Å². The number of aryl methyl sites for hydroxylation is 2. The van der Waals surface area contributed by atoms with Gasteiger partial charge in [0.1, 0.15) is 0 Å². The Morgan fingerprint density at radius 2 is 2.33 bits per heavy atom. The minimum atomic E-state index is 0.692. The van der Waals surface area contributed by atoms with E-state index in [0.717, 1.165) is 11.4 Å². The Balaban J connectivity index is 1.92. The molecule has 1 aromatic rings. The van der Waals surface area contributed by atoms with Crippen molar-refractivity contribution in [3.63, 3.8) is 0 Å². The molecule has 1 aliphatic heterocycles. The average molecular weight is 222 g/mol. The fourth-order valence-electron chi connectivity index (χ4n) is 1.96. The maximum Gasteiger partial charge on any atom is 0.0966 e. The number of aromatic nitrogens is 1. The van der Waals surface area contributed by atoms with Crippen LogP contribution in [0.15, 0.2) is 17.2 Å². The van der Waals surface area contributed by atoms with E-state index in [-0.39, 0.29) is 0 Å². The molecule has 1 N–H and O–H groups in total. The molecule has 1 aliphatic rings. The highest BCUT2D eigenvalue weighted by Gasteiger charge is 2.14. The van der Waals surface area contributed by atoms with E-state index in [0.29, 0.717) is 6.04 Å². The molecule has 0 spiro atoms. The Morgan fingerprint density at radius 3 is 3.00 bits per heavy atom. The van der Waals surface area contributed by atoms with Gasteiger partial charge in [0.2, 0.25) is 0 Å². The zero-order valence-electron chi connectivity index (χ0n) is 9.42. The van der Waals surface area contributed by atoms with Crippen molar-refractivity contribution in [1.82, 2.24) is 10.3 Å². The first kappa shape index (κ1) is 11.0. The number of thioether (sulfide) groups is 1. The Kier molecular flexibility index (Phi) is 3.65. The van der Waals surface area contributed by atoms with Gasteiger partial charge in [-0.3, -0.25) is 0 Å². The summed E-state index contributed by atoms with van der Waals surface area (Å²) < 4.78 is 0. The van der Waals surface area contributed by atoms with E-state index in [9.17, 15) is 0 Å². The normalized spacial score (nSPS) is 20.8. The van der Waals surface area contributed by atoms with Crippen LogP contribution >= 0.6 is 11.8 Å². The summed E-state index contributed by atoms with van der Waals surface area (Å²) in [5.74, 6) is 1.15. The molecule has 0 unspecified atom stereocenters. The van der Waals surface area contributed by atoms with Gasteiger partial charge in [0.25, 0.3) is 0 Å². The van der Waals surface area contributed by atoms with Crippen LogP contribution < -0.4 is 5.32 Å². The molecule has 3 heteroatoms. The van der Waals surface area contributed by atoms with Crippen LogP contribution in [0.5, 0.6) is 0 Å². The van der Waals surface area contributed by atoms with Crippen molar-refractivity contribution in [2.45, 2.75) is 37.8 Å². The highest BCUT2D eigenvalue weighted by atomic mass is 32.2. The van der Waals surface area contributed by atoms with Gasteiger partial charge in [-0.05, 0) is 50.9 Å². The molecule has 2 rings (SSSR count). The van der Waals surface area contributed by atoms with Gasteiger partial charge in [-0.2, -0.15) is 0 Å². The molecule has 15 heavy (non-hydrogen) atoms. The fourth-order valence-corrected chi connectivity index (χ4v) is 3.10. The van der Waals surface area contributed by atoms with Crippen molar-refractivity contribution in [2.75, 3.05) is 12.3 Å². The molecule has 2 nitrogen and oxygen atoms in total. The van der Waals surface area contributed by atoms with E-state index < -0.39 is 0 Å². The zero-order valence-corrected chi connectivity index (χ0v) is 10.2. The second-order valence-corrected chi connectivity index (χ2v) is 5.27. The number of nitrogens with zero attached hydrogens (tertiary/aromatic N) is 1. The molecule has 2 heterocycles. The second kappa shape index (κ2) is 4.99. The fraction of sp³-hybridized carbons (Fsp3) is 0.583. The summed E-state index contributed by atoms with van der Waals surface area (Å²) in [4.78, 5) is 4.53. The molecule has 0 amide bonds. The molecule has 0 aliphatic carbocycles. The van der Waals surface area contributed by atoms with Gasteiger partial charge in [-0.1, -0.05) is 0 Å². The Labute approximate surface area is 95.9 Å². The van der Waals surface area contributed by atoms with Gasteiger partial charge in [0.05, 0.1) is 5.03 Å². The summed E-state index contributed by atoms with van der Waals surface area (Å²) in [5, 5.41) is 4.68. The predicted molar refractivity (Wildman–Crippen MR) is 65.5 cm³/mol. The molecule has 1 atom stereocenters. The van der Waals surface area contributed by atoms with Gasteiger partial charge in [0, 0.05) is 17.5 Å². The summed E-state index contributed by atoms with van der Waals surface area (Å²) >= 11 is 1.87. The van der Waals surface area contributed by atoms with E-state index >= 15 is 0 Å². The van der Waals surface area contributed by atoms with E-state index in [4.69, 9.17) is 0 Å². The topological polar surface area (TPSA) is 24.9 Å². The molecule has 1 fully saturated rings. The monoisotopic (exact) mass is 222 g/mol. The average Bonchev–Trinajstić information content (AvgIpc) is 2.65. The van der Waals surface area contributed by atoms with E-state index in [2.05, 4.69) is 36.3 Å². The third kappa shape index (κ3) is 3.21. The number of pyridine rings is 1. The highest BCUT2D eigenvalue weighted by molar-refractivity contribution is 7.99. The maximum absolute atomic E-state index is 4.53. The molecule has 82 valence electrons. The number of hydrogen-bond acceptors (Lipinski definition) is 3. The number of nitrogens with one attached hydrogen (secondary N) is 1. The lowest BCUT2D eigenvalue weighted by Crippen LogP contribution is -2.23. The summed E-state index contributed by atoms with van der Waals surface area (Å²) in [6.07, 6.45) is 2.64. The Morgan fingerprint density at radius 1 is 1.47 bits per heavy atom. The molecule has 0 bridgehead atoms. The van der Waals surface area contributed by atoms with Crippen LogP contribution in [0.3, 0.4) is 0 Å². The van der Waals surface area contributed by atoms with Crippen LogP contribution in [0.4, 0.5) is 0 Å². The van der Waals surface area contributed by atoms with Crippen LogP contribution in [0.25, 0.3) is 0 Å². The lowest BCUT2D eigenvalue weighted by molar-refractivity contribution is 0.673. The van der Waals surface area contributed by atoms with Crippen LogP contribution in [0.1, 0.15) is 24.1 Å². The Bertz CT molecular complexity index is 312. The smallest absolute Gasteiger partial charge is 0.0966 e. The maximum atomic E-state index is 4.53. The zero-order chi connectivity index (χ0) is 10.7. The van der Waals surface area contributed by atoms with Gasteiger partial charge in [0.15, 0.2) is 0 Å². The molecule has 0 saturated carbocycles. The van der Waals surface area contributed by atoms with Gasteiger partial charge >= 0.3 is 0 Å². The first-order valence-electron chi connectivity index (χ1n) is 5.55. The number of hydrogen-bond donors (Lipinski definition) is 1. The van der Waals surface area contributed by atoms with E-state index in [1.807, 2.05) is 11.8 Å². The lowest BCUT2D eigenvalue weighted by Gasteiger charge is -2.09. The van der Waals surface area contributed by atoms with Gasteiger partial charge in [-0.15, -0.1) is 11.8 Å². The predicted octanol–water partition coefficient (Wildman–Crippen LogP) is 2.54. The molecule has 1 aromatic heterocycles. The first-order chi connectivity index (χ1) is 7.24. The van der Waals surface area contributed by atoms with E-state index in [1.54, 1.807) is 0 Å². The van der Waals surface area contributed by atoms with Crippen LogP contribution in [0, 0.1) is 13.8 Å². The third-order valence-electron chi connectivity index (χ3n) is 2.67. The molecular weight excluding hydrogens is 204 g/mol. The standard InChI is InChI=1S/C12H18N2S/c1-9-6-10(2)14-12(7-9)15-8-11-4-3-5-13-11/h6-7,11,13H,3-5,8H2,1-2H3/t11-/m0/s1. The third-order valence-corrected chi connectivity index (χ3v) is 3.74. The number of rotatable bonds is 3. The lowest BCUT2D eigenvalue weighted by atomic mass is 10.2. The summed E-state index contributed by atoms with van der Waals surface area (Å²) in [7, 11) is 0. The van der Waals surface area contributed by atoms with Gasteiger partial charge < -0.3 is 5.32 Å². The SMILES string of the molecule is Cc1cc(C)nc(SC[C@@H]2CCCN2)c1. The molecule has 1 saturated heterocycles. The van der Waals surface area contributed by atoms with Crippen molar-refractivity contribution in [3.05, 3.63) is 23.4 Å². The largest absolute Gasteiger partial charge is 0.313 e. The van der Waals surface area contributed by atoms with Crippen molar-refractivity contribution in [3.8, 4) is 0 Å². The van der Waals surface area contributed by atoms with Crippen LogP contribution in [-0.2, 0) is 0 Å². The second-order valence-electron chi connectivity index (χ2n) is 4.23. The minimum absolute atomic E-state index is 0.692. The summed E-state index contributed by atoms with van der Waals surface area (Å²) in [6.45, 7) is 5.38. The van der Waals surface area contributed by atoms with Gasteiger partial charge in [-0.25, -0.2) is 4.98 Å². The van der Waals surface area contributed by atoms with Crippen molar-refractivity contribution in [1.29, 1.82) is 0 Å². The quantitative estimate of drug-likeness (QED) is 0.796. The van der Waals surface area contributed by atoms with Crippen molar-refractivity contribution >= 4 is 11.8 Å². The van der Waals surface area contributed by atoms with E-state index in [1.165, 1.54) is 30.0 Å². The summed E-state index contributed by atoms with van der Waals surface area (Å²) in [5.41, 5.74) is 2.43. The summed E-state index contributed by atoms with van der Waals surface area (Å²) in [6, 6.07) is 4.99. The van der Waals surface area contributed by atoms with Crippen LogP contribution in [0.2, 0.25) is 0 Å².